The van der Waals surface area contributed by atoms with E-state index in [0.29, 0.717) is 19.8 Å². The Bertz CT molecular complexity index is 604. The van der Waals surface area contributed by atoms with Crippen molar-refractivity contribution < 1.29 is 14.2 Å². The SMILES string of the molecule is COCCn1c(C)ccc1-c1ccc2c(c1)OCCO2. The molecular weight excluding hydrogens is 254 g/mol. The van der Waals surface area contributed by atoms with Crippen LogP contribution in [0, 0.1) is 6.92 Å². The normalized spacial score (nSPS) is 13.5. The van der Waals surface area contributed by atoms with E-state index in [-0.39, 0.29) is 0 Å². The molecule has 3 rings (SSSR count). The number of ether oxygens (including phenoxy) is 3. The summed E-state index contributed by atoms with van der Waals surface area (Å²) in [6.45, 7) is 4.89. The number of hydrogen-bond acceptors (Lipinski definition) is 3. The van der Waals surface area contributed by atoms with Gasteiger partial charge in [-0.15, -0.1) is 0 Å². The fraction of sp³-hybridized carbons (Fsp3) is 0.375. The van der Waals surface area contributed by atoms with Crippen LogP contribution in [0.15, 0.2) is 30.3 Å². The molecule has 4 heteroatoms. The maximum atomic E-state index is 5.65. The largest absolute Gasteiger partial charge is 0.486 e. The van der Waals surface area contributed by atoms with E-state index in [1.807, 2.05) is 12.1 Å². The molecule has 0 radical (unpaired) electrons. The van der Waals surface area contributed by atoms with Crippen LogP contribution in [0.25, 0.3) is 11.3 Å². The van der Waals surface area contributed by atoms with Gasteiger partial charge in [0.2, 0.25) is 0 Å². The Morgan fingerprint density at radius 1 is 1.10 bits per heavy atom. The van der Waals surface area contributed by atoms with Gasteiger partial charge in [0.05, 0.1) is 6.61 Å². The second kappa shape index (κ2) is 5.59. The van der Waals surface area contributed by atoms with Crippen molar-refractivity contribution in [3.8, 4) is 22.8 Å². The molecule has 0 aliphatic carbocycles. The van der Waals surface area contributed by atoms with Crippen LogP contribution in [-0.4, -0.2) is 31.5 Å². The third-order valence-electron chi connectivity index (χ3n) is 3.56. The molecule has 0 amide bonds. The standard InChI is InChI=1S/C16H19NO3/c1-12-3-5-14(17(12)7-8-18-2)13-4-6-15-16(11-13)20-10-9-19-15/h3-6,11H,7-10H2,1-2H3. The molecule has 2 aromatic rings. The molecule has 20 heavy (non-hydrogen) atoms. The van der Waals surface area contributed by atoms with Gasteiger partial charge in [-0.05, 0) is 37.3 Å². The lowest BCUT2D eigenvalue weighted by Crippen LogP contribution is -2.15. The van der Waals surface area contributed by atoms with E-state index in [1.54, 1.807) is 7.11 Å². The Hall–Kier alpha value is -1.94. The zero-order valence-corrected chi connectivity index (χ0v) is 11.9. The smallest absolute Gasteiger partial charge is 0.162 e. The zero-order valence-electron chi connectivity index (χ0n) is 11.9. The number of aryl methyl sites for hydroxylation is 1. The summed E-state index contributed by atoms with van der Waals surface area (Å²) >= 11 is 0. The van der Waals surface area contributed by atoms with Crippen LogP contribution < -0.4 is 9.47 Å². The minimum absolute atomic E-state index is 0.611. The molecule has 106 valence electrons. The summed E-state index contributed by atoms with van der Waals surface area (Å²) in [5, 5.41) is 0. The first-order valence-electron chi connectivity index (χ1n) is 6.84. The van der Waals surface area contributed by atoms with Crippen LogP contribution in [0.3, 0.4) is 0 Å². The van der Waals surface area contributed by atoms with Crippen LogP contribution in [-0.2, 0) is 11.3 Å². The molecule has 2 heterocycles. The van der Waals surface area contributed by atoms with Gasteiger partial charge in [-0.1, -0.05) is 0 Å². The summed E-state index contributed by atoms with van der Waals surface area (Å²) in [6, 6.07) is 10.4. The first kappa shape index (κ1) is 13.1. The molecule has 0 bridgehead atoms. The summed E-state index contributed by atoms with van der Waals surface area (Å²) in [6.07, 6.45) is 0. The highest BCUT2D eigenvalue weighted by Gasteiger charge is 2.14. The molecule has 1 aliphatic rings. The third-order valence-corrected chi connectivity index (χ3v) is 3.56. The molecule has 4 nitrogen and oxygen atoms in total. The van der Waals surface area contributed by atoms with Gasteiger partial charge in [0.25, 0.3) is 0 Å². The Labute approximate surface area is 118 Å². The number of hydrogen-bond donors (Lipinski definition) is 0. The second-order valence-corrected chi connectivity index (χ2v) is 4.86. The fourth-order valence-corrected chi connectivity index (χ4v) is 2.50. The quantitative estimate of drug-likeness (QED) is 0.858. The van der Waals surface area contributed by atoms with Crippen molar-refractivity contribution in [2.45, 2.75) is 13.5 Å². The molecular formula is C16H19NO3. The summed E-state index contributed by atoms with van der Waals surface area (Å²) in [4.78, 5) is 0. The fourth-order valence-electron chi connectivity index (χ4n) is 2.50. The molecule has 0 saturated carbocycles. The summed E-state index contributed by atoms with van der Waals surface area (Å²) < 4.78 is 18.7. The van der Waals surface area contributed by atoms with E-state index in [0.717, 1.165) is 23.6 Å². The molecule has 0 fully saturated rings. The number of rotatable bonds is 4. The topological polar surface area (TPSA) is 32.6 Å². The van der Waals surface area contributed by atoms with Crippen molar-refractivity contribution in [3.05, 3.63) is 36.0 Å². The number of methoxy groups -OCH3 is 1. The maximum absolute atomic E-state index is 5.65. The highest BCUT2D eigenvalue weighted by Crippen LogP contribution is 2.35. The predicted octanol–water partition coefficient (Wildman–Crippen LogP) is 2.88. The predicted molar refractivity (Wildman–Crippen MR) is 77.5 cm³/mol. The number of fused-ring (bicyclic) bond motifs is 1. The van der Waals surface area contributed by atoms with Gasteiger partial charge in [-0.2, -0.15) is 0 Å². The first-order chi connectivity index (χ1) is 9.79. The molecule has 0 N–H and O–H groups in total. The van der Waals surface area contributed by atoms with Crippen molar-refractivity contribution in [2.75, 3.05) is 26.9 Å². The van der Waals surface area contributed by atoms with Gasteiger partial charge >= 0.3 is 0 Å². The summed E-state index contributed by atoms with van der Waals surface area (Å²) in [5.74, 6) is 1.65. The molecule has 0 spiro atoms. The highest BCUT2D eigenvalue weighted by molar-refractivity contribution is 5.65. The molecule has 1 aliphatic heterocycles. The van der Waals surface area contributed by atoms with Gasteiger partial charge in [-0.25, -0.2) is 0 Å². The van der Waals surface area contributed by atoms with E-state index in [1.165, 1.54) is 11.4 Å². The Balaban J connectivity index is 1.96. The van der Waals surface area contributed by atoms with Gasteiger partial charge in [0.15, 0.2) is 11.5 Å². The number of benzene rings is 1. The van der Waals surface area contributed by atoms with Crippen molar-refractivity contribution in [3.63, 3.8) is 0 Å². The van der Waals surface area contributed by atoms with Crippen LogP contribution in [0.2, 0.25) is 0 Å². The van der Waals surface area contributed by atoms with E-state index in [4.69, 9.17) is 14.2 Å². The highest BCUT2D eigenvalue weighted by atomic mass is 16.6. The van der Waals surface area contributed by atoms with Gasteiger partial charge in [0, 0.05) is 30.6 Å². The zero-order chi connectivity index (χ0) is 13.9. The van der Waals surface area contributed by atoms with Crippen LogP contribution in [0.5, 0.6) is 11.5 Å². The monoisotopic (exact) mass is 273 g/mol. The summed E-state index contributed by atoms with van der Waals surface area (Å²) in [7, 11) is 1.72. The lowest BCUT2D eigenvalue weighted by atomic mass is 10.1. The van der Waals surface area contributed by atoms with Crippen molar-refractivity contribution in [1.29, 1.82) is 0 Å². The first-order valence-corrected chi connectivity index (χ1v) is 6.84. The Morgan fingerprint density at radius 3 is 2.70 bits per heavy atom. The average molecular weight is 273 g/mol. The summed E-state index contributed by atoms with van der Waals surface area (Å²) in [5.41, 5.74) is 3.54. The van der Waals surface area contributed by atoms with Crippen LogP contribution in [0.4, 0.5) is 0 Å². The molecule has 1 aromatic heterocycles. The van der Waals surface area contributed by atoms with Crippen LogP contribution in [0.1, 0.15) is 5.69 Å². The van der Waals surface area contributed by atoms with Gasteiger partial charge in [-0.3, -0.25) is 0 Å². The third kappa shape index (κ3) is 2.39. The number of nitrogens with zero attached hydrogens (tertiary/aromatic N) is 1. The van der Waals surface area contributed by atoms with Crippen molar-refractivity contribution in [1.82, 2.24) is 4.57 Å². The minimum atomic E-state index is 0.611. The Morgan fingerprint density at radius 2 is 1.90 bits per heavy atom. The van der Waals surface area contributed by atoms with Crippen molar-refractivity contribution in [2.24, 2.45) is 0 Å². The number of aromatic nitrogens is 1. The van der Waals surface area contributed by atoms with Gasteiger partial charge < -0.3 is 18.8 Å². The average Bonchev–Trinajstić information content (AvgIpc) is 2.85. The molecule has 0 atom stereocenters. The van der Waals surface area contributed by atoms with E-state index >= 15 is 0 Å². The van der Waals surface area contributed by atoms with E-state index < -0.39 is 0 Å². The van der Waals surface area contributed by atoms with E-state index in [9.17, 15) is 0 Å². The maximum Gasteiger partial charge on any atom is 0.162 e. The lowest BCUT2D eigenvalue weighted by Gasteiger charge is -2.19. The lowest BCUT2D eigenvalue weighted by molar-refractivity contribution is 0.171. The van der Waals surface area contributed by atoms with Crippen molar-refractivity contribution >= 4 is 0 Å². The molecule has 1 aromatic carbocycles. The minimum Gasteiger partial charge on any atom is -0.486 e. The Kier molecular flexibility index (Phi) is 3.65. The van der Waals surface area contributed by atoms with E-state index in [2.05, 4.69) is 29.7 Å². The molecule has 0 unspecified atom stereocenters. The van der Waals surface area contributed by atoms with Gasteiger partial charge in [0.1, 0.15) is 13.2 Å². The van der Waals surface area contributed by atoms with Crippen LogP contribution >= 0.6 is 0 Å². The second-order valence-electron chi connectivity index (χ2n) is 4.86. The molecule has 0 saturated heterocycles.